The summed E-state index contributed by atoms with van der Waals surface area (Å²) in [6.07, 6.45) is 10.5. The quantitative estimate of drug-likeness (QED) is 0.213. The van der Waals surface area contributed by atoms with Crippen molar-refractivity contribution in [2.24, 2.45) is 0 Å². The first-order valence-corrected chi connectivity index (χ1v) is 9.15. The molecule has 0 atom stereocenters. The Kier molecular flexibility index (Phi) is 9.80. The van der Waals surface area contributed by atoms with Gasteiger partial charge in [-0.3, -0.25) is 10.1 Å². The number of nitro groups is 1. The maximum Gasteiger partial charge on any atom is 0.338 e. The van der Waals surface area contributed by atoms with Crippen LogP contribution in [-0.4, -0.2) is 17.5 Å². The van der Waals surface area contributed by atoms with E-state index in [1.807, 2.05) is 13.0 Å². The zero-order valence-electron chi connectivity index (χ0n) is 16.7. The number of non-ortho nitro benzene ring substituents is 1. The highest BCUT2D eigenvalue weighted by Gasteiger charge is 2.09. The Morgan fingerprint density at radius 2 is 1.52 bits per heavy atom. The zero-order valence-corrected chi connectivity index (χ0v) is 16.7. The number of ether oxygens (including phenoxy) is 1. The van der Waals surface area contributed by atoms with Crippen molar-refractivity contribution in [3.8, 4) is 0 Å². The van der Waals surface area contributed by atoms with Crippen LogP contribution in [0.3, 0.4) is 0 Å². The maximum absolute atomic E-state index is 11.9. The SMILES string of the molecule is CC(C)=CCC/C(C)=C/CC/C(C)=C/COC(=O)c1ccc([N+](=O)[O-])cc1. The maximum atomic E-state index is 11.9. The molecule has 27 heavy (non-hydrogen) atoms. The fourth-order valence-electron chi connectivity index (χ4n) is 2.40. The molecule has 0 bridgehead atoms. The fraction of sp³-hybridized carbons (Fsp3) is 0.409. The van der Waals surface area contributed by atoms with Crippen LogP contribution in [0.4, 0.5) is 5.69 Å². The minimum atomic E-state index is -0.501. The van der Waals surface area contributed by atoms with Gasteiger partial charge in [-0.05, 0) is 71.6 Å². The Morgan fingerprint density at radius 3 is 2.07 bits per heavy atom. The molecule has 1 aromatic rings. The molecule has 0 heterocycles. The lowest BCUT2D eigenvalue weighted by atomic mass is 10.1. The molecule has 0 saturated heterocycles. The van der Waals surface area contributed by atoms with Gasteiger partial charge >= 0.3 is 5.97 Å². The molecular weight excluding hydrogens is 342 g/mol. The molecule has 0 N–H and O–H groups in total. The second-order valence-corrected chi connectivity index (χ2v) is 6.86. The van der Waals surface area contributed by atoms with Crippen molar-refractivity contribution in [3.05, 3.63) is 74.9 Å². The Labute approximate surface area is 161 Å². The van der Waals surface area contributed by atoms with Crippen LogP contribution in [0.15, 0.2) is 59.2 Å². The molecule has 0 aromatic heterocycles. The van der Waals surface area contributed by atoms with Gasteiger partial charge in [-0.15, -0.1) is 0 Å². The van der Waals surface area contributed by atoms with Crippen molar-refractivity contribution in [3.63, 3.8) is 0 Å². The number of hydrogen-bond donors (Lipinski definition) is 0. The molecule has 0 aliphatic carbocycles. The molecule has 0 saturated carbocycles. The van der Waals surface area contributed by atoms with E-state index in [1.165, 1.54) is 41.0 Å². The highest BCUT2D eigenvalue weighted by atomic mass is 16.6. The zero-order chi connectivity index (χ0) is 20.2. The summed E-state index contributed by atoms with van der Waals surface area (Å²) in [6.45, 7) is 8.60. The normalized spacial score (nSPS) is 11.9. The van der Waals surface area contributed by atoms with E-state index >= 15 is 0 Å². The first-order chi connectivity index (χ1) is 12.8. The molecule has 5 heteroatoms. The summed E-state index contributed by atoms with van der Waals surface area (Å²) in [6, 6.07) is 5.40. The second kappa shape index (κ2) is 11.8. The van der Waals surface area contributed by atoms with Gasteiger partial charge in [0.05, 0.1) is 10.5 Å². The van der Waals surface area contributed by atoms with Crippen LogP contribution in [0.25, 0.3) is 0 Å². The molecule has 5 nitrogen and oxygen atoms in total. The molecule has 146 valence electrons. The number of nitrogens with zero attached hydrogens (tertiary/aromatic N) is 1. The van der Waals surface area contributed by atoms with Crippen LogP contribution in [-0.2, 0) is 4.74 Å². The van der Waals surface area contributed by atoms with E-state index in [4.69, 9.17) is 4.74 Å². The predicted octanol–water partition coefficient (Wildman–Crippen LogP) is 6.17. The van der Waals surface area contributed by atoms with Gasteiger partial charge in [-0.2, -0.15) is 0 Å². The Bertz CT molecular complexity index is 723. The highest BCUT2D eigenvalue weighted by Crippen LogP contribution is 2.13. The standard InChI is InChI=1S/C22H29NO4/c1-17(2)7-5-8-18(3)9-6-10-19(4)15-16-27-22(24)20-11-13-21(14-12-20)23(25)26/h7,9,11-15H,5-6,8,10,16H2,1-4H3/b18-9+,19-15+. The molecule has 0 spiro atoms. The molecule has 0 aliphatic rings. The summed E-state index contributed by atoms with van der Waals surface area (Å²) in [5.74, 6) is -0.482. The van der Waals surface area contributed by atoms with Gasteiger partial charge in [-0.1, -0.05) is 28.9 Å². The van der Waals surface area contributed by atoms with Gasteiger partial charge in [0.25, 0.3) is 5.69 Å². The van der Waals surface area contributed by atoms with Crippen LogP contribution in [0.2, 0.25) is 0 Å². The minimum absolute atomic E-state index is 0.0495. The summed E-state index contributed by atoms with van der Waals surface area (Å²) in [5.41, 5.74) is 4.17. The first kappa shape index (κ1) is 22.4. The number of nitro benzene ring substituents is 1. The minimum Gasteiger partial charge on any atom is -0.458 e. The average Bonchev–Trinajstić information content (AvgIpc) is 2.61. The number of carbonyl (C=O) groups is 1. The number of rotatable bonds is 10. The van der Waals surface area contributed by atoms with E-state index < -0.39 is 10.9 Å². The van der Waals surface area contributed by atoms with Gasteiger partial charge < -0.3 is 4.74 Å². The molecule has 0 aliphatic heterocycles. The molecule has 0 radical (unpaired) electrons. The van der Waals surface area contributed by atoms with Crippen LogP contribution in [0.1, 0.15) is 63.7 Å². The van der Waals surface area contributed by atoms with Crippen LogP contribution < -0.4 is 0 Å². The van der Waals surface area contributed by atoms with Crippen molar-refractivity contribution in [2.45, 2.75) is 53.4 Å². The third-order valence-corrected chi connectivity index (χ3v) is 4.08. The van der Waals surface area contributed by atoms with Crippen LogP contribution in [0.5, 0.6) is 0 Å². The third kappa shape index (κ3) is 9.54. The van der Waals surface area contributed by atoms with Crippen molar-refractivity contribution in [1.29, 1.82) is 0 Å². The fourth-order valence-corrected chi connectivity index (χ4v) is 2.40. The lowest BCUT2D eigenvalue weighted by Gasteiger charge is -2.04. The van der Waals surface area contributed by atoms with Gasteiger partial charge in [0.2, 0.25) is 0 Å². The lowest BCUT2D eigenvalue weighted by Crippen LogP contribution is -2.05. The molecule has 1 aromatic carbocycles. The van der Waals surface area contributed by atoms with Crippen molar-refractivity contribution in [1.82, 2.24) is 0 Å². The molecule has 0 amide bonds. The Balaban J connectivity index is 2.36. The summed E-state index contributed by atoms with van der Waals surface area (Å²) >= 11 is 0. The summed E-state index contributed by atoms with van der Waals surface area (Å²) in [4.78, 5) is 22.0. The number of hydrogen-bond acceptors (Lipinski definition) is 4. The monoisotopic (exact) mass is 371 g/mol. The van der Waals surface area contributed by atoms with Gasteiger partial charge in [-0.25, -0.2) is 4.79 Å². The molecular formula is C22H29NO4. The molecule has 0 fully saturated rings. The first-order valence-electron chi connectivity index (χ1n) is 9.15. The summed E-state index contributed by atoms with van der Waals surface area (Å²) in [5, 5.41) is 10.6. The largest absolute Gasteiger partial charge is 0.458 e. The van der Waals surface area contributed by atoms with Gasteiger partial charge in [0, 0.05) is 12.1 Å². The topological polar surface area (TPSA) is 69.4 Å². The Hall–Kier alpha value is -2.69. The second-order valence-electron chi connectivity index (χ2n) is 6.86. The molecule has 1 rings (SSSR count). The lowest BCUT2D eigenvalue weighted by molar-refractivity contribution is -0.384. The van der Waals surface area contributed by atoms with E-state index in [0.29, 0.717) is 5.56 Å². The number of esters is 1. The average molecular weight is 371 g/mol. The Morgan fingerprint density at radius 1 is 0.963 bits per heavy atom. The summed E-state index contributed by atoms with van der Waals surface area (Å²) < 4.78 is 5.19. The van der Waals surface area contributed by atoms with E-state index in [9.17, 15) is 14.9 Å². The number of benzene rings is 1. The number of allylic oxidation sites excluding steroid dienone is 5. The van der Waals surface area contributed by atoms with E-state index in [-0.39, 0.29) is 12.3 Å². The van der Waals surface area contributed by atoms with Crippen LogP contribution >= 0.6 is 0 Å². The summed E-state index contributed by atoms with van der Waals surface area (Å²) in [7, 11) is 0. The van der Waals surface area contributed by atoms with E-state index in [2.05, 4.69) is 32.9 Å². The smallest absolute Gasteiger partial charge is 0.338 e. The predicted molar refractivity (Wildman–Crippen MR) is 109 cm³/mol. The van der Waals surface area contributed by atoms with Gasteiger partial charge in [0.15, 0.2) is 0 Å². The van der Waals surface area contributed by atoms with E-state index in [0.717, 1.165) is 25.7 Å². The third-order valence-electron chi connectivity index (χ3n) is 4.08. The highest BCUT2D eigenvalue weighted by molar-refractivity contribution is 5.89. The van der Waals surface area contributed by atoms with E-state index in [1.54, 1.807) is 0 Å². The van der Waals surface area contributed by atoms with Gasteiger partial charge in [0.1, 0.15) is 6.61 Å². The number of carbonyl (C=O) groups excluding carboxylic acids is 1. The van der Waals surface area contributed by atoms with Crippen molar-refractivity contribution >= 4 is 11.7 Å². The molecule has 0 unspecified atom stereocenters. The van der Waals surface area contributed by atoms with Crippen molar-refractivity contribution in [2.75, 3.05) is 6.61 Å². The van der Waals surface area contributed by atoms with Crippen molar-refractivity contribution < 1.29 is 14.5 Å². The van der Waals surface area contributed by atoms with Crippen LogP contribution in [0, 0.1) is 10.1 Å².